The van der Waals surface area contributed by atoms with Crippen LogP contribution in [0.5, 0.6) is 0 Å². The number of nitrogens with one attached hydrogen (secondary N) is 2. The lowest BCUT2D eigenvalue weighted by molar-refractivity contribution is 0.627. The third-order valence-electron chi connectivity index (χ3n) is 4.37. The van der Waals surface area contributed by atoms with Crippen LogP contribution in [0.15, 0.2) is 71.5 Å². The number of nitriles is 1. The van der Waals surface area contributed by atoms with Gasteiger partial charge in [-0.1, -0.05) is 17.8 Å². The van der Waals surface area contributed by atoms with Gasteiger partial charge in [0.2, 0.25) is 5.95 Å². The Morgan fingerprint density at radius 3 is 2.80 bits per heavy atom. The number of nitrogens with zero attached hydrogens (tertiary/aromatic N) is 4. The van der Waals surface area contributed by atoms with Gasteiger partial charge in [0.05, 0.1) is 16.4 Å². The summed E-state index contributed by atoms with van der Waals surface area (Å²) in [5.74, 6) is 0.169. The molecule has 0 saturated carbocycles. The highest BCUT2D eigenvalue weighted by molar-refractivity contribution is 8.06. The second kappa shape index (κ2) is 9.20. The molecule has 0 saturated heterocycles. The summed E-state index contributed by atoms with van der Waals surface area (Å²) in [6, 6.07) is 14.0. The number of aromatic nitrogens is 3. The van der Waals surface area contributed by atoms with Crippen molar-refractivity contribution in [3.63, 3.8) is 0 Å². The maximum atomic E-state index is 13.2. The molecule has 3 heterocycles. The molecule has 1 aromatic carbocycles. The zero-order valence-electron chi connectivity index (χ0n) is 15.8. The van der Waals surface area contributed by atoms with E-state index in [1.54, 1.807) is 30.6 Å². The number of allylic oxidation sites excluding steroid dienone is 1. The molecule has 0 spiro atoms. The fourth-order valence-corrected chi connectivity index (χ4v) is 3.73. The van der Waals surface area contributed by atoms with Crippen molar-refractivity contribution in [1.29, 1.82) is 5.26 Å². The molecule has 0 radical (unpaired) electrons. The largest absolute Gasteiger partial charge is 0.354 e. The lowest BCUT2D eigenvalue weighted by Crippen LogP contribution is -2.10. The first-order valence-electron chi connectivity index (χ1n) is 9.23. The van der Waals surface area contributed by atoms with Gasteiger partial charge < -0.3 is 10.6 Å². The van der Waals surface area contributed by atoms with E-state index in [1.807, 2.05) is 23.7 Å². The molecule has 0 amide bonds. The van der Waals surface area contributed by atoms with E-state index in [-0.39, 0.29) is 5.82 Å². The third-order valence-corrected chi connectivity index (χ3v) is 5.26. The second-order valence-corrected chi connectivity index (χ2v) is 7.28. The molecule has 0 aliphatic carbocycles. The van der Waals surface area contributed by atoms with Gasteiger partial charge in [-0.05, 0) is 53.9 Å². The molecule has 1 aliphatic heterocycles. The molecule has 0 unspecified atom stereocenters. The standard InChI is InChI=1S/C22H17FN6S/c23-17-5-3-16(4-6-17)20-14-30-21(28-20)18(12-24)19-8-11-27-22(29-19)26-10-7-15-2-1-9-25-13-15/h1-6,8-9,11,13-14,28H,7,10H2,(H,26,27,29)/b21-18+. The summed E-state index contributed by atoms with van der Waals surface area (Å²) in [4.78, 5) is 12.8. The molecule has 2 N–H and O–H groups in total. The Balaban J connectivity index is 1.46. The van der Waals surface area contributed by atoms with Crippen molar-refractivity contribution in [3.05, 3.63) is 94.1 Å². The van der Waals surface area contributed by atoms with Gasteiger partial charge in [-0.2, -0.15) is 5.26 Å². The van der Waals surface area contributed by atoms with E-state index >= 15 is 0 Å². The Hall–Kier alpha value is -3.70. The molecule has 148 valence electrons. The first kappa shape index (κ1) is 19.6. The molecular formula is C22H17FN6S. The minimum atomic E-state index is -0.289. The molecular weight excluding hydrogens is 399 g/mol. The smallest absolute Gasteiger partial charge is 0.223 e. The van der Waals surface area contributed by atoms with Gasteiger partial charge in [0, 0.05) is 30.5 Å². The van der Waals surface area contributed by atoms with E-state index in [0.29, 0.717) is 28.8 Å². The van der Waals surface area contributed by atoms with Crippen LogP contribution in [0.4, 0.5) is 10.3 Å². The molecule has 30 heavy (non-hydrogen) atoms. The number of benzene rings is 1. The number of anilines is 1. The van der Waals surface area contributed by atoms with Crippen LogP contribution in [0, 0.1) is 17.1 Å². The number of hydrogen-bond acceptors (Lipinski definition) is 7. The van der Waals surface area contributed by atoms with Crippen LogP contribution in [0.1, 0.15) is 16.8 Å². The number of thioether (sulfide) groups is 1. The normalized spacial score (nSPS) is 14.5. The average Bonchev–Trinajstić information content (AvgIpc) is 3.26. The average molecular weight is 416 g/mol. The summed E-state index contributed by atoms with van der Waals surface area (Å²) in [5.41, 5.74) is 3.72. The summed E-state index contributed by atoms with van der Waals surface area (Å²) in [7, 11) is 0. The van der Waals surface area contributed by atoms with Crippen molar-refractivity contribution in [1.82, 2.24) is 20.3 Å². The SMILES string of the molecule is N#C/C(=C1/NC(c2ccc(F)cc2)=CS1)c1ccnc(NCCc2cccnc2)n1. The lowest BCUT2D eigenvalue weighted by Gasteiger charge is -2.09. The molecule has 2 aromatic heterocycles. The summed E-state index contributed by atoms with van der Waals surface area (Å²) in [6.45, 7) is 0.650. The van der Waals surface area contributed by atoms with E-state index < -0.39 is 0 Å². The Bertz CT molecular complexity index is 1140. The maximum Gasteiger partial charge on any atom is 0.223 e. The van der Waals surface area contributed by atoms with Gasteiger partial charge in [0.25, 0.3) is 0 Å². The molecule has 0 fully saturated rings. The van der Waals surface area contributed by atoms with Crippen LogP contribution in [-0.4, -0.2) is 21.5 Å². The van der Waals surface area contributed by atoms with Crippen molar-refractivity contribution in [2.75, 3.05) is 11.9 Å². The van der Waals surface area contributed by atoms with Gasteiger partial charge >= 0.3 is 0 Å². The van der Waals surface area contributed by atoms with Crippen molar-refractivity contribution in [3.8, 4) is 6.07 Å². The number of rotatable bonds is 6. The van der Waals surface area contributed by atoms with E-state index in [4.69, 9.17) is 0 Å². The Labute approximate surface area is 177 Å². The zero-order chi connectivity index (χ0) is 20.8. The first-order chi connectivity index (χ1) is 14.7. The summed E-state index contributed by atoms with van der Waals surface area (Å²) >= 11 is 1.40. The highest BCUT2D eigenvalue weighted by atomic mass is 32.2. The Morgan fingerprint density at radius 2 is 2.03 bits per heavy atom. The lowest BCUT2D eigenvalue weighted by atomic mass is 10.1. The van der Waals surface area contributed by atoms with Gasteiger partial charge in [0.15, 0.2) is 0 Å². The summed E-state index contributed by atoms with van der Waals surface area (Å²) in [5, 5.41) is 18.7. The zero-order valence-corrected chi connectivity index (χ0v) is 16.7. The fourth-order valence-electron chi connectivity index (χ4n) is 2.86. The molecule has 3 aromatic rings. The van der Waals surface area contributed by atoms with Crippen LogP contribution < -0.4 is 10.6 Å². The number of halogens is 1. The van der Waals surface area contributed by atoms with Crippen molar-refractivity contribution < 1.29 is 4.39 Å². The van der Waals surface area contributed by atoms with Crippen LogP contribution in [-0.2, 0) is 6.42 Å². The van der Waals surface area contributed by atoms with Gasteiger partial charge in [-0.3, -0.25) is 4.98 Å². The quantitative estimate of drug-likeness (QED) is 0.583. The minimum absolute atomic E-state index is 0.289. The molecule has 4 rings (SSSR count). The van der Waals surface area contributed by atoms with E-state index in [9.17, 15) is 9.65 Å². The predicted molar refractivity (Wildman–Crippen MR) is 116 cm³/mol. The predicted octanol–water partition coefficient (Wildman–Crippen LogP) is 4.19. The molecule has 6 nitrogen and oxygen atoms in total. The molecule has 0 atom stereocenters. The van der Waals surface area contributed by atoms with Crippen LogP contribution in [0.25, 0.3) is 11.3 Å². The molecule has 1 aliphatic rings. The van der Waals surface area contributed by atoms with Gasteiger partial charge in [0.1, 0.15) is 17.5 Å². The van der Waals surface area contributed by atoms with Crippen LogP contribution in [0.3, 0.4) is 0 Å². The first-order valence-corrected chi connectivity index (χ1v) is 10.1. The molecule has 8 heteroatoms. The number of pyridine rings is 1. The minimum Gasteiger partial charge on any atom is -0.354 e. The molecule has 0 bridgehead atoms. The highest BCUT2D eigenvalue weighted by Gasteiger charge is 2.18. The van der Waals surface area contributed by atoms with Crippen LogP contribution >= 0.6 is 11.8 Å². The summed E-state index contributed by atoms with van der Waals surface area (Å²) in [6.07, 6.45) is 5.98. The second-order valence-electron chi connectivity index (χ2n) is 6.40. The van der Waals surface area contributed by atoms with E-state index in [2.05, 4.69) is 31.7 Å². The fraction of sp³-hybridized carbons (Fsp3) is 0.0909. The Morgan fingerprint density at radius 1 is 1.17 bits per heavy atom. The van der Waals surface area contributed by atoms with E-state index in [1.165, 1.54) is 23.9 Å². The van der Waals surface area contributed by atoms with Crippen molar-refractivity contribution >= 4 is 29.0 Å². The van der Waals surface area contributed by atoms with E-state index in [0.717, 1.165) is 23.2 Å². The van der Waals surface area contributed by atoms with Gasteiger partial charge in [-0.25, -0.2) is 14.4 Å². The monoisotopic (exact) mass is 416 g/mol. The van der Waals surface area contributed by atoms with Crippen LogP contribution in [0.2, 0.25) is 0 Å². The maximum absolute atomic E-state index is 13.2. The highest BCUT2D eigenvalue weighted by Crippen LogP contribution is 2.34. The third kappa shape index (κ3) is 4.64. The topological polar surface area (TPSA) is 86.5 Å². The van der Waals surface area contributed by atoms with Crippen molar-refractivity contribution in [2.45, 2.75) is 6.42 Å². The van der Waals surface area contributed by atoms with Gasteiger partial charge in [-0.15, -0.1) is 0 Å². The Kier molecular flexibility index (Phi) is 6.01. The number of hydrogen-bond donors (Lipinski definition) is 2. The summed E-state index contributed by atoms with van der Waals surface area (Å²) < 4.78 is 13.2. The van der Waals surface area contributed by atoms with Crippen molar-refractivity contribution in [2.24, 2.45) is 0 Å².